The fourth-order valence-electron chi connectivity index (χ4n) is 3.93. The van der Waals surface area contributed by atoms with Gasteiger partial charge in [0.1, 0.15) is 6.04 Å². The molecule has 2 N–H and O–H groups in total. The molecule has 2 aromatic heterocycles. The summed E-state index contributed by atoms with van der Waals surface area (Å²) in [6.07, 6.45) is 3.26. The first-order chi connectivity index (χ1) is 14.6. The number of carbonyl (C=O) groups is 2. The van der Waals surface area contributed by atoms with Crippen LogP contribution in [0.15, 0.2) is 24.5 Å². The van der Waals surface area contributed by atoms with Crippen LogP contribution in [0.1, 0.15) is 29.0 Å². The smallest absolute Gasteiger partial charge is 0.378 e. The number of hydrogen-bond acceptors (Lipinski definition) is 8. The molecule has 0 aliphatic carbocycles. The van der Waals surface area contributed by atoms with Crippen molar-refractivity contribution in [1.29, 1.82) is 0 Å². The number of nitrogens with zero attached hydrogens (tertiary/aromatic N) is 6. The van der Waals surface area contributed by atoms with Crippen LogP contribution in [0, 0.1) is 0 Å². The maximum atomic E-state index is 13.0. The van der Waals surface area contributed by atoms with Gasteiger partial charge in [0.15, 0.2) is 6.04 Å². The van der Waals surface area contributed by atoms with E-state index in [1.54, 1.807) is 39.6 Å². The second kappa shape index (κ2) is 7.47. The maximum absolute atomic E-state index is 13.0. The van der Waals surface area contributed by atoms with E-state index in [9.17, 15) is 22.6 Å². The fraction of sp³-hybridized carbons (Fsp3) is 0.412. The molecule has 166 valence electrons. The highest BCUT2D eigenvalue weighted by molar-refractivity contribution is 7.80. The number of pyridine rings is 1. The molecule has 1 saturated heterocycles. The molecule has 2 bridgehead atoms. The van der Waals surface area contributed by atoms with Crippen molar-refractivity contribution in [3.8, 4) is 0 Å². The minimum Gasteiger partial charge on any atom is -0.378 e. The van der Waals surface area contributed by atoms with Crippen LogP contribution in [0.3, 0.4) is 0 Å². The Morgan fingerprint density at radius 3 is 2.77 bits per heavy atom. The van der Waals surface area contributed by atoms with Gasteiger partial charge in [-0.3, -0.25) is 19.0 Å². The van der Waals surface area contributed by atoms with Crippen molar-refractivity contribution in [3.63, 3.8) is 0 Å². The Labute approximate surface area is 178 Å². The van der Waals surface area contributed by atoms with Crippen LogP contribution in [0.25, 0.3) is 0 Å². The first-order valence-electron chi connectivity index (χ1n) is 9.26. The van der Waals surface area contributed by atoms with Crippen LogP contribution in [0.4, 0.5) is 10.5 Å². The van der Waals surface area contributed by atoms with Crippen molar-refractivity contribution in [3.05, 3.63) is 41.5 Å². The topological polar surface area (TPSA) is 150 Å². The van der Waals surface area contributed by atoms with E-state index in [2.05, 4.69) is 19.7 Å². The predicted octanol–water partition coefficient (Wildman–Crippen LogP) is 0.0832. The lowest BCUT2D eigenvalue weighted by Crippen LogP contribution is -2.44. The van der Waals surface area contributed by atoms with E-state index >= 15 is 0 Å². The lowest BCUT2D eigenvalue weighted by atomic mass is 9.94. The zero-order valence-corrected chi connectivity index (χ0v) is 17.8. The van der Waals surface area contributed by atoms with Crippen LogP contribution in [-0.2, 0) is 33.1 Å². The van der Waals surface area contributed by atoms with Gasteiger partial charge in [0.2, 0.25) is 0 Å². The molecule has 2 aliphatic heterocycles. The molecule has 14 heteroatoms. The van der Waals surface area contributed by atoms with E-state index in [1.807, 2.05) is 6.07 Å². The van der Waals surface area contributed by atoms with Crippen molar-refractivity contribution in [1.82, 2.24) is 29.6 Å². The summed E-state index contributed by atoms with van der Waals surface area (Å²) in [5.74, 6) is -0.378. The second-order valence-electron chi connectivity index (χ2n) is 7.38. The predicted molar refractivity (Wildman–Crippen MR) is 106 cm³/mol. The highest BCUT2D eigenvalue weighted by Gasteiger charge is 2.55. The molecule has 31 heavy (non-hydrogen) atoms. The Bertz CT molecular complexity index is 1130. The number of aryl methyl sites for hydroxylation is 1. The number of hydroxylamine groups is 2. The molecule has 0 aromatic carbocycles. The number of aromatic nitrogens is 3. The molecule has 2 unspecified atom stereocenters. The van der Waals surface area contributed by atoms with E-state index in [4.69, 9.17) is 0 Å². The average molecular weight is 451 g/mol. The van der Waals surface area contributed by atoms with E-state index in [0.29, 0.717) is 22.0 Å². The van der Waals surface area contributed by atoms with Crippen molar-refractivity contribution in [2.24, 2.45) is 7.05 Å². The Hall–Kier alpha value is -3.23. The number of carbonyl (C=O) groups excluding carboxylic acids is 2. The van der Waals surface area contributed by atoms with Crippen molar-refractivity contribution in [2.45, 2.75) is 18.6 Å². The van der Waals surface area contributed by atoms with Gasteiger partial charge in [-0.1, -0.05) is 0 Å². The molecular weight excluding hydrogens is 430 g/mol. The molecule has 2 aliphatic rings. The summed E-state index contributed by atoms with van der Waals surface area (Å²) in [6.45, 7) is 0.222. The van der Waals surface area contributed by atoms with Gasteiger partial charge >= 0.3 is 16.4 Å². The van der Waals surface area contributed by atoms with Gasteiger partial charge in [0, 0.05) is 39.1 Å². The van der Waals surface area contributed by atoms with Gasteiger partial charge in [-0.2, -0.15) is 18.6 Å². The van der Waals surface area contributed by atoms with Gasteiger partial charge in [-0.25, -0.2) is 4.79 Å². The molecule has 3 amide bonds. The third-order valence-electron chi connectivity index (χ3n) is 5.17. The van der Waals surface area contributed by atoms with Crippen LogP contribution >= 0.6 is 0 Å². The van der Waals surface area contributed by atoms with Crippen molar-refractivity contribution < 1.29 is 26.8 Å². The zero-order chi connectivity index (χ0) is 22.5. The Morgan fingerprint density at radius 1 is 1.42 bits per heavy atom. The summed E-state index contributed by atoms with van der Waals surface area (Å²) in [4.78, 5) is 32.4. The quantitative estimate of drug-likeness (QED) is 0.582. The van der Waals surface area contributed by atoms with Crippen LogP contribution in [0.2, 0.25) is 0 Å². The van der Waals surface area contributed by atoms with Crippen molar-refractivity contribution >= 4 is 28.0 Å². The van der Waals surface area contributed by atoms with Gasteiger partial charge in [0.05, 0.1) is 30.2 Å². The first-order valence-corrected chi connectivity index (χ1v) is 10.6. The van der Waals surface area contributed by atoms with Crippen molar-refractivity contribution in [2.75, 3.05) is 26.0 Å². The van der Waals surface area contributed by atoms with Gasteiger partial charge < -0.3 is 15.1 Å². The number of rotatable bonds is 6. The van der Waals surface area contributed by atoms with Gasteiger partial charge in [-0.15, -0.1) is 4.28 Å². The molecule has 0 saturated carbocycles. The second-order valence-corrected chi connectivity index (χ2v) is 8.38. The Balaban J connectivity index is 1.79. The fourth-order valence-corrected chi connectivity index (χ4v) is 4.30. The largest absolute Gasteiger partial charge is 0.418 e. The average Bonchev–Trinajstić information content (AvgIpc) is 3.17. The summed E-state index contributed by atoms with van der Waals surface area (Å²) in [7, 11) is -0.204. The Morgan fingerprint density at radius 2 is 2.16 bits per heavy atom. The number of hydrogen-bond donors (Lipinski definition) is 2. The van der Waals surface area contributed by atoms with E-state index in [1.165, 1.54) is 14.5 Å². The molecule has 0 radical (unpaired) electrons. The molecule has 4 heterocycles. The number of likely N-dealkylation sites (N-methyl/N-ethyl adjacent to an activating group) is 1. The minimum absolute atomic E-state index is 0.00279. The zero-order valence-electron chi connectivity index (χ0n) is 17.0. The molecule has 2 atom stereocenters. The summed E-state index contributed by atoms with van der Waals surface area (Å²) in [5.41, 5.74) is 2.17. The summed E-state index contributed by atoms with van der Waals surface area (Å²) < 4.78 is 38.0. The monoisotopic (exact) mass is 451 g/mol. The molecule has 0 spiro atoms. The number of fused-ring (bicyclic) bond motifs is 4. The van der Waals surface area contributed by atoms with Crippen LogP contribution in [0.5, 0.6) is 0 Å². The third kappa shape index (κ3) is 3.68. The number of anilines is 1. The van der Waals surface area contributed by atoms with E-state index in [-0.39, 0.29) is 19.0 Å². The number of amides is 3. The standard InChI is InChI=1S/C17H21N7O6S/c1-21(2)16(25)15-14-13(12-9-23(15)17(26)24(12)30-31(27,28)29)11(20-22(14)3)8-19-10-5-4-6-18-7-10/h4-7,12,15,19H,8-9H2,1-3H3,(H,27,28,29). The lowest BCUT2D eigenvalue weighted by molar-refractivity contribution is -0.133. The normalized spacial score (nSPS) is 20.1. The number of nitrogens with one attached hydrogen (secondary N) is 1. The van der Waals surface area contributed by atoms with Crippen LogP contribution in [-0.4, -0.2) is 75.2 Å². The van der Waals surface area contributed by atoms with Gasteiger partial charge in [-0.05, 0) is 12.1 Å². The molecule has 13 nitrogen and oxygen atoms in total. The minimum atomic E-state index is -4.97. The summed E-state index contributed by atoms with van der Waals surface area (Å²) in [5, 5.41) is 8.25. The molecule has 2 aromatic rings. The maximum Gasteiger partial charge on any atom is 0.418 e. The van der Waals surface area contributed by atoms with E-state index in [0.717, 1.165) is 5.69 Å². The highest BCUT2D eigenvalue weighted by atomic mass is 32.3. The lowest BCUT2D eigenvalue weighted by Gasteiger charge is -2.32. The summed E-state index contributed by atoms with van der Waals surface area (Å²) in [6, 6.07) is 0.834. The third-order valence-corrected chi connectivity index (χ3v) is 5.52. The molecule has 4 rings (SSSR count). The van der Waals surface area contributed by atoms with Crippen LogP contribution < -0.4 is 5.32 Å². The van der Waals surface area contributed by atoms with E-state index < -0.39 is 28.5 Å². The Kier molecular flexibility index (Phi) is 5.07. The SMILES string of the molecule is CN(C)C(=O)C1c2c(c(CNc3cccnc3)nn2C)C2CN1C(=O)N2OS(=O)(=O)O. The van der Waals surface area contributed by atoms with Gasteiger partial charge in [0.25, 0.3) is 5.91 Å². The molecule has 1 fully saturated rings. The number of urea groups is 1. The molecular formula is C17H21N7O6S. The first kappa shape index (κ1) is 21.0. The highest BCUT2D eigenvalue weighted by Crippen LogP contribution is 2.46. The summed E-state index contributed by atoms with van der Waals surface area (Å²) >= 11 is 0.